The van der Waals surface area contributed by atoms with Gasteiger partial charge in [-0.3, -0.25) is 4.79 Å². The van der Waals surface area contributed by atoms with Crippen molar-refractivity contribution in [3.63, 3.8) is 0 Å². The van der Waals surface area contributed by atoms with Gasteiger partial charge in [0.15, 0.2) is 0 Å². The molecule has 1 N–H and O–H groups in total. The first-order valence-electron chi connectivity index (χ1n) is 6.34. The van der Waals surface area contributed by atoms with E-state index in [9.17, 15) is 9.18 Å². The van der Waals surface area contributed by atoms with E-state index in [0.717, 1.165) is 31.6 Å². The van der Waals surface area contributed by atoms with Crippen LogP contribution in [0, 0.1) is 18.7 Å². The first-order valence-corrected chi connectivity index (χ1v) is 6.34. The van der Waals surface area contributed by atoms with Crippen molar-refractivity contribution in [1.29, 1.82) is 0 Å². The maximum atomic E-state index is 13.2. The number of carbonyl (C=O) groups excluding carboxylic acids is 1. The molecule has 1 aliphatic rings. The van der Waals surface area contributed by atoms with Gasteiger partial charge in [0.1, 0.15) is 5.82 Å². The molecule has 1 aromatic rings. The predicted octanol–water partition coefficient (Wildman–Crippen LogP) is 2.10. The van der Waals surface area contributed by atoms with Gasteiger partial charge in [0, 0.05) is 19.3 Å². The number of aryl methyl sites for hydroxylation is 1. The molecule has 1 saturated heterocycles. The lowest BCUT2D eigenvalue weighted by Crippen LogP contribution is -2.41. The van der Waals surface area contributed by atoms with E-state index in [1.807, 2.05) is 0 Å². The molecule has 1 amide bonds. The Balaban J connectivity index is 2.11. The Hall–Kier alpha value is -1.42. The standard InChI is InChI=1S/C14H19FN2O/c1-10-8-12(5-6-13(10)15)17(2)14(18)11-4-3-7-16-9-11/h5-6,8,11,16H,3-4,7,9H2,1-2H3. The minimum absolute atomic E-state index is 0.0362. The van der Waals surface area contributed by atoms with Crippen LogP contribution in [0.5, 0.6) is 0 Å². The Morgan fingerprint density at radius 2 is 2.28 bits per heavy atom. The van der Waals surface area contributed by atoms with Crippen LogP contribution in [-0.2, 0) is 4.79 Å². The minimum Gasteiger partial charge on any atom is -0.316 e. The van der Waals surface area contributed by atoms with Gasteiger partial charge in [-0.2, -0.15) is 0 Å². The van der Waals surface area contributed by atoms with Gasteiger partial charge in [0.05, 0.1) is 5.92 Å². The van der Waals surface area contributed by atoms with E-state index < -0.39 is 0 Å². The summed E-state index contributed by atoms with van der Waals surface area (Å²) in [5.41, 5.74) is 1.32. The molecular formula is C14H19FN2O. The van der Waals surface area contributed by atoms with Crippen molar-refractivity contribution in [1.82, 2.24) is 5.32 Å². The molecule has 0 bridgehead atoms. The fraction of sp³-hybridized carbons (Fsp3) is 0.500. The number of carbonyl (C=O) groups is 1. The second-order valence-corrected chi connectivity index (χ2v) is 4.87. The van der Waals surface area contributed by atoms with E-state index in [1.165, 1.54) is 6.07 Å². The first kappa shape index (κ1) is 13.0. The summed E-state index contributed by atoms with van der Waals surface area (Å²) in [5.74, 6) is -0.0961. The number of amides is 1. The van der Waals surface area contributed by atoms with Gasteiger partial charge >= 0.3 is 0 Å². The van der Waals surface area contributed by atoms with Crippen LogP contribution in [0.3, 0.4) is 0 Å². The van der Waals surface area contributed by atoms with Crippen LogP contribution >= 0.6 is 0 Å². The SMILES string of the molecule is Cc1cc(N(C)C(=O)C2CCCNC2)ccc1F. The van der Waals surface area contributed by atoms with Crippen molar-refractivity contribution in [2.75, 3.05) is 25.0 Å². The largest absolute Gasteiger partial charge is 0.316 e. The van der Waals surface area contributed by atoms with Gasteiger partial charge in [-0.1, -0.05) is 0 Å². The number of benzene rings is 1. The van der Waals surface area contributed by atoms with Crippen LogP contribution in [0.25, 0.3) is 0 Å². The van der Waals surface area contributed by atoms with Gasteiger partial charge in [-0.25, -0.2) is 4.39 Å². The summed E-state index contributed by atoms with van der Waals surface area (Å²) in [6.45, 7) is 3.44. The summed E-state index contributed by atoms with van der Waals surface area (Å²) < 4.78 is 13.2. The number of piperidine rings is 1. The van der Waals surface area contributed by atoms with Crippen molar-refractivity contribution >= 4 is 11.6 Å². The lowest BCUT2D eigenvalue weighted by atomic mass is 9.98. The summed E-state index contributed by atoms with van der Waals surface area (Å²) in [6, 6.07) is 4.77. The number of hydrogen-bond donors (Lipinski definition) is 1. The fourth-order valence-electron chi connectivity index (χ4n) is 2.30. The molecule has 1 aliphatic heterocycles. The van der Waals surface area contributed by atoms with Crippen LogP contribution in [-0.4, -0.2) is 26.0 Å². The van der Waals surface area contributed by atoms with Crippen LogP contribution in [0.1, 0.15) is 18.4 Å². The zero-order valence-corrected chi connectivity index (χ0v) is 10.9. The summed E-state index contributed by atoms with van der Waals surface area (Å²) in [6.07, 6.45) is 1.96. The second-order valence-electron chi connectivity index (χ2n) is 4.87. The molecule has 0 radical (unpaired) electrons. The number of nitrogens with zero attached hydrogens (tertiary/aromatic N) is 1. The van der Waals surface area contributed by atoms with E-state index in [2.05, 4.69) is 5.32 Å². The van der Waals surface area contributed by atoms with E-state index in [-0.39, 0.29) is 17.6 Å². The minimum atomic E-state index is -0.237. The number of rotatable bonds is 2. The Bertz CT molecular complexity index is 441. The molecular weight excluding hydrogens is 231 g/mol. The zero-order chi connectivity index (χ0) is 13.1. The Kier molecular flexibility index (Phi) is 3.97. The zero-order valence-electron chi connectivity index (χ0n) is 10.9. The van der Waals surface area contributed by atoms with Crippen LogP contribution in [0.2, 0.25) is 0 Å². The lowest BCUT2D eigenvalue weighted by Gasteiger charge is -2.27. The fourth-order valence-corrected chi connectivity index (χ4v) is 2.30. The Morgan fingerprint density at radius 1 is 1.50 bits per heavy atom. The topological polar surface area (TPSA) is 32.3 Å². The van der Waals surface area contributed by atoms with Crippen molar-refractivity contribution in [2.45, 2.75) is 19.8 Å². The molecule has 0 aliphatic carbocycles. The molecule has 4 heteroatoms. The van der Waals surface area contributed by atoms with Crippen LogP contribution < -0.4 is 10.2 Å². The number of hydrogen-bond acceptors (Lipinski definition) is 2. The number of nitrogens with one attached hydrogen (secondary N) is 1. The third-order valence-electron chi connectivity index (χ3n) is 3.51. The average molecular weight is 250 g/mol. The number of anilines is 1. The van der Waals surface area contributed by atoms with Gasteiger partial charge in [0.2, 0.25) is 5.91 Å². The highest BCUT2D eigenvalue weighted by atomic mass is 19.1. The van der Waals surface area contributed by atoms with Crippen molar-refractivity contribution < 1.29 is 9.18 Å². The molecule has 3 nitrogen and oxygen atoms in total. The first-order chi connectivity index (χ1) is 8.59. The van der Waals surface area contributed by atoms with E-state index in [0.29, 0.717) is 5.56 Å². The number of halogens is 1. The molecule has 1 unspecified atom stereocenters. The predicted molar refractivity (Wildman–Crippen MR) is 70.1 cm³/mol. The molecule has 1 heterocycles. The van der Waals surface area contributed by atoms with Gasteiger partial charge < -0.3 is 10.2 Å². The Morgan fingerprint density at radius 3 is 2.89 bits per heavy atom. The molecule has 0 spiro atoms. The van der Waals surface area contributed by atoms with Crippen molar-refractivity contribution in [2.24, 2.45) is 5.92 Å². The second kappa shape index (κ2) is 5.48. The average Bonchev–Trinajstić information content (AvgIpc) is 2.41. The normalized spacial score (nSPS) is 19.6. The molecule has 1 aromatic carbocycles. The Labute approximate surface area is 107 Å². The van der Waals surface area contributed by atoms with Crippen LogP contribution in [0.15, 0.2) is 18.2 Å². The van der Waals surface area contributed by atoms with Gasteiger partial charge in [-0.15, -0.1) is 0 Å². The highest BCUT2D eigenvalue weighted by molar-refractivity contribution is 5.94. The van der Waals surface area contributed by atoms with E-state index >= 15 is 0 Å². The molecule has 0 saturated carbocycles. The highest BCUT2D eigenvalue weighted by Gasteiger charge is 2.24. The molecule has 0 aromatic heterocycles. The highest BCUT2D eigenvalue weighted by Crippen LogP contribution is 2.21. The van der Waals surface area contributed by atoms with Crippen molar-refractivity contribution in [3.8, 4) is 0 Å². The monoisotopic (exact) mass is 250 g/mol. The third-order valence-corrected chi connectivity index (χ3v) is 3.51. The van der Waals surface area contributed by atoms with E-state index in [1.54, 1.807) is 31.0 Å². The lowest BCUT2D eigenvalue weighted by molar-refractivity contribution is -0.122. The maximum Gasteiger partial charge on any atom is 0.231 e. The van der Waals surface area contributed by atoms with Gasteiger partial charge in [-0.05, 0) is 50.1 Å². The smallest absolute Gasteiger partial charge is 0.231 e. The summed E-state index contributed by atoms with van der Waals surface area (Å²) in [5, 5.41) is 3.24. The summed E-state index contributed by atoms with van der Waals surface area (Å²) in [4.78, 5) is 13.9. The molecule has 98 valence electrons. The third kappa shape index (κ3) is 2.70. The summed E-state index contributed by atoms with van der Waals surface area (Å²) >= 11 is 0. The molecule has 2 rings (SSSR count). The van der Waals surface area contributed by atoms with E-state index in [4.69, 9.17) is 0 Å². The summed E-state index contributed by atoms with van der Waals surface area (Å²) in [7, 11) is 1.75. The molecule has 1 atom stereocenters. The van der Waals surface area contributed by atoms with Crippen LogP contribution in [0.4, 0.5) is 10.1 Å². The molecule has 18 heavy (non-hydrogen) atoms. The van der Waals surface area contributed by atoms with Crippen molar-refractivity contribution in [3.05, 3.63) is 29.6 Å². The maximum absolute atomic E-state index is 13.2. The van der Waals surface area contributed by atoms with Gasteiger partial charge in [0.25, 0.3) is 0 Å². The quantitative estimate of drug-likeness (QED) is 0.871. The molecule has 1 fully saturated rings.